The second kappa shape index (κ2) is 8.17. The number of alkyl halides is 3. The summed E-state index contributed by atoms with van der Waals surface area (Å²) in [5.41, 5.74) is 1.13. The van der Waals surface area contributed by atoms with E-state index in [1.807, 2.05) is 25.1 Å². The molecule has 2 aromatic rings. The van der Waals surface area contributed by atoms with Crippen LogP contribution < -0.4 is 18.9 Å². The van der Waals surface area contributed by atoms with Crippen molar-refractivity contribution < 1.29 is 32.1 Å². The van der Waals surface area contributed by atoms with Crippen LogP contribution in [0.2, 0.25) is 5.02 Å². The number of hydrogen-bond acceptors (Lipinski definition) is 4. The summed E-state index contributed by atoms with van der Waals surface area (Å²) in [5, 5.41) is 0.0467. The van der Waals surface area contributed by atoms with Crippen LogP contribution in [0.15, 0.2) is 36.4 Å². The number of halogens is 4. The third-order valence-corrected chi connectivity index (χ3v) is 4.11. The van der Waals surface area contributed by atoms with Crippen LogP contribution in [0.5, 0.6) is 23.0 Å². The van der Waals surface area contributed by atoms with Gasteiger partial charge in [-0.1, -0.05) is 11.6 Å². The van der Waals surface area contributed by atoms with Crippen LogP contribution in [-0.2, 0) is 6.42 Å². The molecular weight excluding hydrogens is 385 g/mol. The van der Waals surface area contributed by atoms with Gasteiger partial charge in [-0.25, -0.2) is 0 Å². The van der Waals surface area contributed by atoms with Crippen molar-refractivity contribution in [2.45, 2.75) is 32.2 Å². The molecule has 27 heavy (non-hydrogen) atoms. The Balaban J connectivity index is 1.42. The number of benzene rings is 2. The van der Waals surface area contributed by atoms with Crippen LogP contribution in [0.4, 0.5) is 13.2 Å². The van der Waals surface area contributed by atoms with Gasteiger partial charge in [-0.15, -0.1) is 13.2 Å². The Bertz CT molecular complexity index is 795. The first-order chi connectivity index (χ1) is 12.8. The fraction of sp³-hybridized carbons (Fsp3) is 0.368. The summed E-state index contributed by atoms with van der Waals surface area (Å²) in [6.07, 6.45) is -3.13. The van der Waals surface area contributed by atoms with Crippen molar-refractivity contribution in [1.82, 2.24) is 0 Å². The van der Waals surface area contributed by atoms with Gasteiger partial charge in [0, 0.05) is 24.5 Å². The molecule has 2 aromatic carbocycles. The summed E-state index contributed by atoms with van der Waals surface area (Å²) >= 11 is 5.92. The molecule has 0 radical (unpaired) electrons. The van der Waals surface area contributed by atoms with Crippen molar-refractivity contribution in [3.8, 4) is 23.0 Å². The number of fused-ring (bicyclic) bond motifs is 1. The van der Waals surface area contributed by atoms with E-state index >= 15 is 0 Å². The van der Waals surface area contributed by atoms with Crippen molar-refractivity contribution in [3.05, 3.63) is 47.0 Å². The predicted octanol–water partition coefficient (Wildman–Crippen LogP) is 5.41. The maximum Gasteiger partial charge on any atom is 0.573 e. The molecule has 0 aliphatic carbocycles. The summed E-state index contributed by atoms with van der Waals surface area (Å²) in [5.74, 6) is 1.55. The van der Waals surface area contributed by atoms with Gasteiger partial charge in [0.05, 0.1) is 18.2 Å². The highest BCUT2D eigenvalue weighted by Gasteiger charge is 2.31. The van der Waals surface area contributed by atoms with E-state index in [1.54, 1.807) is 0 Å². The van der Waals surface area contributed by atoms with Crippen LogP contribution in [0, 0.1) is 0 Å². The summed E-state index contributed by atoms with van der Waals surface area (Å²) in [6, 6.07) is 9.28. The highest BCUT2D eigenvalue weighted by molar-refractivity contribution is 6.32. The highest BCUT2D eigenvalue weighted by Crippen LogP contribution is 2.33. The van der Waals surface area contributed by atoms with Gasteiger partial charge in [0.15, 0.2) is 0 Å². The molecule has 146 valence electrons. The number of hydrogen-bond donors (Lipinski definition) is 0. The summed E-state index contributed by atoms with van der Waals surface area (Å²) in [6.45, 7) is 2.76. The van der Waals surface area contributed by atoms with E-state index < -0.39 is 12.1 Å². The van der Waals surface area contributed by atoms with Crippen LogP contribution in [-0.4, -0.2) is 25.7 Å². The van der Waals surface area contributed by atoms with Crippen molar-refractivity contribution in [3.63, 3.8) is 0 Å². The molecule has 0 saturated carbocycles. The smallest absolute Gasteiger partial charge is 0.493 e. The topological polar surface area (TPSA) is 36.9 Å². The molecule has 1 aliphatic heterocycles. The first-order valence-electron chi connectivity index (χ1n) is 8.40. The van der Waals surface area contributed by atoms with E-state index in [0.717, 1.165) is 35.6 Å². The predicted molar refractivity (Wildman–Crippen MR) is 94.0 cm³/mol. The zero-order chi connectivity index (χ0) is 19.4. The summed E-state index contributed by atoms with van der Waals surface area (Å²) in [7, 11) is 0. The first kappa shape index (κ1) is 19.5. The Labute approximate surface area is 159 Å². The molecule has 0 amide bonds. The molecule has 1 aliphatic rings. The van der Waals surface area contributed by atoms with E-state index in [2.05, 4.69) is 4.74 Å². The Morgan fingerprint density at radius 1 is 1.07 bits per heavy atom. The molecule has 0 aromatic heterocycles. The van der Waals surface area contributed by atoms with Gasteiger partial charge in [0.25, 0.3) is 0 Å². The molecule has 4 nitrogen and oxygen atoms in total. The Kier molecular flexibility index (Phi) is 5.89. The molecule has 0 N–H and O–H groups in total. The van der Waals surface area contributed by atoms with Crippen LogP contribution in [0.1, 0.15) is 18.9 Å². The zero-order valence-electron chi connectivity index (χ0n) is 14.5. The van der Waals surface area contributed by atoms with Crippen molar-refractivity contribution >= 4 is 11.6 Å². The summed E-state index contributed by atoms with van der Waals surface area (Å²) in [4.78, 5) is 0. The standard InChI is InChI=1S/C19H18ClF3O4/c1-12-9-13-10-14(3-5-17(13)26-12)24-7-2-8-25-18-6-4-15(11-16(18)20)27-19(21,22)23/h3-6,10-12H,2,7-9H2,1H3. The van der Waals surface area contributed by atoms with Crippen LogP contribution >= 0.6 is 11.6 Å². The minimum absolute atomic E-state index is 0.0467. The molecule has 1 heterocycles. The quantitative estimate of drug-likeness (QED) is 0.580. The molecule has 1 unspecified atom stereocenters. The fourth-order valence-corrected chi connectivity index (χ4v) is 2.94. The van der Waals surface area contributed by atoms with Gasteiger partial charge in [0.2, 0.25) is 0 Å². The Hall–Kier alpha value is -2.28. The summed E-state index contributed by atoms with van der Waals surface area (Å²) < 4.78 is 57.1. The second-order valence-corrected chi connectivity index (χ2v) is 6.50. The van der Waals surface area contributed by atoms with Gasteiger partial charge in [-0.3, -0.25) is 0 Å². The van der Waals surface area contributed by atoms with Crippen molar-refractivity contribution in [1.29, 1.82) is 0 Å². The third kappa shape index (κ3) is 5.60. The number of ether oxygens (including phenoxy) is 4. The Morgan fingerprint density at radius 3 is 2.56 bits per heavy atom. The lowest BCUT2D eigenvalue weighted by Gasteiger charge is -2.12. The molecule has 0 bridgehead atoms. The zero-order valence-corrected chi connectivity index (χ0v) is 15.3. The van der Waals surface area contributed by atoms with E-state index in [9.17, 15) is 13.2 Å². The molecule has 0 saturated heterocycles. The van der Waals surface area contributed by atoms with Gasteiger partial charge in [-0.2, -0.15) is 0 Å². The van der Waals surface area contributed by atoms with E-state index in [0.29, 0.717) is 19.6 Å². The highest BCUT2D eigenvalue weighted by atomic mass is 35.5. The van der Waals surface area contributed by atoms with Crippen molar-refractivity contribution in [2.75, 3.05) is 13.2 Å². The normalized spacial score (nSPS) is 15.8. The average molecular weight is 403 g/mol. The molecule has 3 rings (SSSR count). The lowest BCUT2D eigenvalue weighted by atomic mass is 10.1. The van der Waals surface area contributed by atoms with Crippen LogP contribution in [0.25, 0.3) is 0 Å². The molecule has 1 atom stereocenters. The Morgan fingerprint density at radius 2 is 1.81 bits per heavy atom. The minimum atomic E-state index is -4.76. The molecular formula is C19H18ClF3O4. The van der Waals surface area contributed by atoms with Gasteiger partial charge >= 0.3 is 6.36 Å². The molecule has 8 heteroatoms. The second-order valence-electron chi connectivity index (χ2n) is 6.09. The van der Waals surface area contributed by atoms with Crippen molar-refractivity contribution in [2.24, 2.45) is 0 Å². The molecule has 0 spiro atoms. The maximum atomic E-state index is 12.2. The first-order valence-corrected chi connectivity index (χ1v) is 8.78. The van der Waals surface area contributed by atoms with Gasteiger partial charge < -0.3 is 18.9 Å². The van der Waals surface area contributed by atoms with Crippen LogP contribution in [0.3, 0.4) is 0 Å². The minimum Gasteiger partial charge on any atom is -0.493 e. The lowest BCUT2D eigenvalue weighted by Crippen LogP contribution is -2.17. The average Bonchev–Trinajstić information content (AvgIpc) is 2.94. The van der Waals surface area contributed by atoms with Gasteiger partial charge in [0.1, 0.15) is 29.1 Å². The lowest BCUT2D eigenvalue weighted by molar-refractivity contribution is -0.274. The largest absolute Gasteiger partial charge is 0.573 e. The van der Waals surface area contributed by atoms with Gasteiger partial charge in [-0.05, 0) is 37.3 Å². The monoisotopic (exact) mass is 402 g/mol. The number of rotatable bonds is 7. The third-order valence-electron chi connectivity index (χ3n) is 3.82. The van der Waals surface area contributed by atoms with E-state index in [-0.39, 0.29) is 16.9 Å². The molecule has 0 fully saturated rings. The van der Waals surface area contributed by atoms with E-state index in [1.165, 1.54) is 6.07 Å². The SMILES string of the molecule is CC1Cc2cc(OCCCOc3ccc(OC(F)(F)F)cc3Cl)ccc2O1. The van der Waals surface area contributed by atoms with E-state index in [4.69, 9.17) is 25.8 Å². The maximum absolute atomic E-state index is 12.2. The fourth-order valence-electron chi connectivity index (χ4n) is 2.72.